The summed E-state index contributed by atoms with van der Waals surface area (Å²) in [6, 6.07) is 12.0. The lowest BCUT2D eigenvalue weighted by Gasteiger charge is -2.60. The van der Waals surface area contributed by atoms with E-state index in [0.29, 0.717) is 112 Å². The molecule has 2 aromatic rings. The summed E-state index contributed by atoms with van der Waals surface area (Å²) >= 11 is 0. The Morgan fingerprint density at radius 2 is 1.60 bits per heavy atom. The maximum atomic E-state index is 13.4. The van der Waals surface area contributed by atoms with Crippen LogP contribution in [0, 0.1) is 41.4 Å². The number of carbonyl (C=O) groups is 3. The zero-order chi connectivity index (χ0) is 47.3. The monoisotopic (exact) mass is 929 g/mol. The molecule has 368 valence electrons. The molecule has 2 aromatic carbocycles. The second-order valence-electron chi connectivity index (χ2n) is 20.9. The summed E-state index contributed by atoms with van der Waals surface area (Å²) < 4.78 is 22.8. The van der Waals surface area contributed by atoms with Crippen LogP contribution in [0.15, 0.2) is 42.6 Å². The van der Waals surface area contributed by atoms with Crippen molar-refractivity contribution in [3.05, 3.63) is 70.4 Å². The van der Waals surface area contributed by atoms with Crippen LogP contribution in [0.3, 0.4) is 0 Å². The first kappa shape index (κ1) is 49.4. The predicted octanol–water partition coefficient (Wildman–Crippen LogP) is 6.22. The number of benzene rings is 2. The number of fused-ring (bicyclic) bond motifs is 6. The molecule has 14 heteroatoms. The van der Waals surface area contributed by atoms with E-state index in [0.717, 1.165) is 36.5 Å². The number of rotatable bonds is 20. The fraction of sp³-hybridized carbons (Fsp3) is 0.679. The van der Waals surface area contributed by atoms with Crippen LogP contribution in [0.2, 0.25) is 0 Å². The van der Waals surface area contributed by atoms with E-state index < -0.39 is 18.5 Å². The molecule has 6 unspecified atom stereocenters. The standard InChI is InChI=1S/C53H77N5O9/c1-34-32-36(9-8-35(34)18-22-54)41-12-13-43-39-16-20-52(2)33-37(10-11-42(52)38(39)17-21-53(41,43)3)57(4)47(60)19-24-64-26-28-66-30-31-67-29-27-65-25-23-55-44-7-5-6-40-48(44)51(63)58(50(40)62)45-14-15-46(59)56-49(45)61/h5-9,18,22,32,37-39,41-43,45,49,51,55,61,63H,10-17,19-21,23-31,33,54H2,1-4H3,(H,56,59)/p+1/b22-18-/t37-,38?,39+,41+,42?,43?,45?,49?,51?,52+,53+/m0/s1. The summed E-state index contributed by atoms with van der Waals surface area (Å²) in [5.41, 5.74) is 12.1. The van der Waals surface area contributed by atoms with Gasteiger partial charge in [0.2, 0.25) is 11.8 Å². The van der Waals surface area contributed by atoms with Crippen LogP contribution in [0.4, 0.5) is 5.69 Å². The molecule has 3 amide bonds. The van der Waals surface area contributed by atoms with Gasteiger partial charge in [-0.15, -0.1) is 0 Å². The normalized spacial score (nSPS) is 32.4. The molecule has 8 rings (SSSR count). The van der Waals surface area contributed by atoms with Crippen molar-refractivity contribution in [1.29, 1.82) is 0 Å². The summed E-state index contributed by atoms with van der Waals surface area (Å²) in [6.07, 6.45) is 13.7. The van der Waals surface area contributed by atoms with Gasteiger partial charge in [0, 0.05) is 31.7 Å². The first-order valence-corrected chi connectivity index (χ1v) is 25.3. The molecular weight excluding hydrogens is 851 g/mol. The molecular formula is C53H78N5O9+. The van der Waals surface area contributed by atoms with Gasteiger partial charge in [0.1, 0.15) is 6.23 Å². The van der Waals surface area contributed by atoms with E-state index in [1.807, 2.05) is 24.1 Å². The number of aryl methyl sites for hydroxylation is 1. The summed E-state index contributed by atoms with van der Waals surface area (Å²) in [5, 5.41) is 25.0. The Morgan fingerprint density at radius 1 is 0.910 bits per heavy atom. The van der Waals surface area contributed by atoms with E-state index in [9.17, 15) is 19.5 Å². The van der Waals surface area contributed by atoms with Crippen LogP contribution in [0.5, 0.6) is 0 Å². The number of nitrogens with one attached hydrogen (secondary N) is 2. The third-order valence-electron chi connectivity index (χ3n) is 17.3. The zero-order valence-electron chi connectivity index (χ0n) is 40.4. The molecule has 5 fully saturated rings. The first-order chi connectivity index (χ1) is 32.3. The Hall–Kier alpha value is -4.05. The highest BCUT2D eigenvalue weighted by atomic mass is 16.6. The molecule has 67 heavy (non-hydrogen) atoms. The van der Waals surface area contributed by atoms with E-state index in [1.54, 1.807) is 18.3 Å². The Bertz CT molecular complexity index is 2080. The van der Waals surface area contributed by atoms with E-state index in [4.69, 9.17) is 29.8 Å². The average molecular weight is 929 g/mol. The van der Waals surface area contributed by atoms with Crippen molar-refractivity contribution in [2.45, 2.75) is 128 Å². The van der Waals surface area contributed by atoms with Gasteiger partial charge < -0.3 is 50.4 Å². The summed E-state index contributed by atoms with van der Waals surface area (Å²) in [4.78, 5) is 41.6. The lowest BCUT2D eigenvalue weighted by molar-refractivity contribution is -0.139. The number of amides is 3. The lowest BCUT2D eigenvalue weighted by Crippen LogP contribution is -2.56. The lowest BCUT2D eigenvalue weighted by atomic mass is 9.45. The molecule has 0 radical (unpaired) electrons. The number of piperidine rings is 1. The van der Waals surface area contributed by atoms with Crippen molar-refractivity contribution >= 4 is 29.5 Å². The van der Waals surface area contributed by atoms with Crippen LogP contribution >= 0.6 is 0 Å². The number of nitrogens with zero attached hydrogens (tertiary/aromatic N) is 2. The predicted molar refractivity (Wildman–Crippen MR) is 258 cm³/mol. The number of ether oxygens (including phenoxy) is 4. The van der Waals surface area contributed by atoms with Crippen LogP contribution in [0.25, 0.3) is 6.08 Å². The van der Waals surface area contributed by atoms with Gasteiger partial charge in [0.25, 0.3) is 12.1 Å². The van der Waals surface area contributed by atoms with Crippen LogP contribution in [0.1, 0.15) is 136 Å². The quantitative estimate of drug-likeness (QED) is 0.0877. The zero-order valence-corrected chi connectivity index (χ0v) is 40.4. The van der Waals surface area contributed by atoms with Gasteiger partial charge in [-0.3, -0.25) is 19.3 Å². The van der Waals surface area contributed by atoms with E-state index in [2.05, 4.69) is 49.6 Å². The third-order valence-corrected chi connectivity index (χ3v) is 17.3. The highest BCUT2D eigenvalue weighted by Gasteiger charge is 2.59. The SMILES string of the molecule is Cc1cc([C@H]2CCC3[C@@H]4CC[C@]5(C)C[C@@H](N(C)C(=O)CCOCCOCCOCCOCCNc6cccc7c6C([OH2+])N(C6CCC(=O)NC6O)C7=O)CCC5C4CC[C@@]32C)ccc1/C=C\N. The molecule has 1 saturated heterocycles. The van der Waals surface area contributed by atoms with E-state index in [-0.39, 0.29) is 24.1 Å². The molecule has 2 aliphatic heterocycles. The fourth-order valence-corrected chi connectivity index (χ4v) is 13.9. The van der Waals surface area contributed by atoms with Gasteiger partial charge in [-0.2, -0.15) is 0 Å². The van der Waals surface area contributed by atoms with Gasteiger partial charge in [0.05, 0.1) is 76.4 Å². The molecule has 0 aromatic heterocycles. The van der Waals surface area contributed by atoms with Crippen molar-refractivity contribution in [3.63, 3.8) is 0 Å². The van der Waals surface area contributed by atoms with Gasteiger partial charge in [-0.05, 0) is 153 Å². The smallest absolute Gasteiger partial charge is 0.266 e. The van der Waals surface area contributed by atoms with Gasteiger partial charge in [0.15, 0.2) is 0 Å². The molecule has 14 nitrogen and oxygen atoms in total. The van der Waals surface area contributed by atoms with Crippen LogP contribution < -0.4 is 16.4 Å². The molecule has 0 spiro atoms. The largest absolute Gasteiger partial charge is 0.423 e. The topological polar surface area (TPSA) is 188 Å². The molecule has 2 heterocycles. The van der Waals surface area contributed by atoms with Crippen molar-refractivity contribution in [3.8, 4) is 0 Å². The highest BCUT2D eigenvalue weighted by Crippen LogP contribution is 2.68. The van der Waals surface area contributed by atoms with Crippen molar-refractivity contribution in [2.75, 3.05) is 71.8 Å². The highest BCUT2D eigenvalue weighted by molar-refractivity contribution is 6.01. The maximum Gasteiger partial charge on any atom is 0.266 e. The summed E-state index contributed by atoms with van der Waals surface area (Å²) in [5.74, 6) is 3.44. The maximum absolute atomic E-state index is 13.4. The Kier molecular flexibility index (Phi) is 16.0. The van der Waals surface area contributed by atoms with Gasteiger partial charge in [-0.1, -0.05) is 38.1 Å². The molecule has 0 bridgehead atoms. The fourth-order valence-electron chi connectivity index (χ4n) is 13.9. The van der Waals surface area contributed by atoms with Gasteiger partial charge >= 0.3 is 0 Å². The second kappa shape index (κ2) is 21.7. The van der Waals surface area contributed by atoms with Crippen LogP contribution in [-0.2, 0) is 28.5 Å². The third kappa shape index (κ3) is 10.5. The molecule has 7 N–H and O–H groups in total. The number of hydrogen-bond acceptors (Lipinski definition) is 10. The summed E-state index contributed by atoms with van der Waals surface area (Å²) in [7, 11) is 2.01. The molecule has 4 saturated carbocycles. The second-order valence-corrected chi connectivity index (χ2v) is 20.9. The van der Waals surface area contributed by atoms with Crippen LogP contribution in [-0.4, -0.2) is 122 Å². The number of anilines is 1. The minimum Gasteiger partial charge on any atom is -0.423 e. The number of nitrogens with two attached hydrogens (primary N) is 1. The number of carbonyl (C=O) groups excluding carboxylic acids is 3. The first-order valence-electron chi connectivity index (χ1n) is 25.3. The van der Waals surface area contributed by atoms with E-state index >= 15 is 0 Å². The van der Waals surface area contributed by atoms with Gasteiger partial charge in [-0.25, -0.2) is 0 Å². The van der Waals surface area contributed by atoms with E-state index in [1.165, 1.54) is 66.5 Å². The molecule has 11 atom stereocenters. The number of hydrogen-bond donors (Lipinski definition) is 4. The number of aliphatic hydroxyl groups excluding tert-OH is 1. The number of aliphatic hydroxyl groups is 1. The Balaban J connectivity index is 0.659. The van der Waals surface area contributed by atoms with Crippen molar-refractivity contribution in [1.82, 2.24) is 15.1 Å². The summed E-state index contributed by atoms with van der Waals surface area (Å²) in [6.45, 7) is 11.2. The molecule has 6 aliphatic rings. The van der Waals surface area contributed by atoms with Crippen molar-refractivity contribution in [2.24, 2.45) is 40.2 Å². The molecule has 4 aliphatic carbocycles. The Morgan fingerprint density at radius 3 is 2.31 bits per heavy atom. The minimum atomic E-state index is -1.20. The average Bonchev–Trinajstić information content (AvgIpc) is 3.80. The van der Waals surface area contributed by atoms with Crippen molar-refractivity contribution < 1.29 is 43.5 Å². The Labute approximate surface area is 397 Å². The minimum absolute atomic E-state index is 0.170.